The average Bonchev–Trinajstić information content (AvgIpc) is 3.02. The molecule has 8 heteroatoms. The summed E-state index contributed by atoms with van der Waals surface area (Å²) < 4.78 is 6.47. The number of aromatic nitrogens is 1. The molecule has 0 bridgehead atoms. The van der Waals surface area contributed by atoms with Crippen molar-refractivity contribution < 1.29 is 14.1 Å². The highest BCUT2D eigenvalue weighted by molar-refractivity contribution is 5.90. The maximum Gasteiger partial charge on any atom is 0.419 e. The first-order chi connectivity index (χ1) is 14.0. The summed E-state index contributed by atoms with van der Waals surface area (Å²) in [5, 5.41) is 13.7. The van der Waals surface area contributed by atoms with Crippen LogP contribution in [0.3, 0.4) is 0 Å². The van der Waals surface area contributed by atoms with Gasteiger partial charge in [-0.15, -0.1) is 0 Å². The number of nitro benzene ring substituents is 1. The van der Waals surface area contributed by atoms with Gasteiger partial charge < -0.3 is 9.73 Å². The number of carbonyl (C=O) groups is 1. The third kappa shape index (κ3) is 5.10. The molecular weight excluding hydrogens is 374 g/mol. The highest BCUT2D eigenvalue weighted by atomic mass is 16.6. The number of nitrogens with zero attached hydrogens (tertiary/aromatic N) is 2. The molecule has 0 aliphatic heterocycles. The molecule has 1 amide bonds. The van der Waals surface area contributed by atoms with E-state index >= 15 is 0 Å². The molecule has 0 saturated carbocycles. The monoisotopic (exact) mass is 397 g/mol. The van der Waals surface area contributed by atoms with Crippen molar-refractivity contribution >= 4 is 28.4 Å². The van der Waals surface area contributed by atoms with E-state index in [1.54, 1.807) is 0 Å². The van der Waals surface area contributed by atoms with Crippen molar-refractivity contribution in [3.05, 3.63) is 68.7 Å². The topological polar surface area (TPSA) is 107 Å². The molecule has 3 aromatic rings. The van der Waals surface area contributed by atoms with E-state index in [1.807, 2.05) is 24.3 Å². The molecule has 2 aromatic carbocycles. The van der Waals surface area contributed by atoms with Gasteiger partial charge in [-0.1, -0.05) is 25.5 Å². The molecular formula is C21H23N3O5. The molecule has 1 aromatic heterocycles. The fraction of sp³-hybridized carbons (Fsp3) is 0.333. The van der Waals surface area contributed by atoms with Gasteiger partial charge in [0.15, 0.2) is 5.58 Å². The Morgan fingerprint density at radius 1 is 1.17 bits per heavy atom. The Bertz CT molecular complexity index is 1070. The minimum absolute atomic E-state index is 0.136. The van der Waals surface area contributed by atoms with E-state index in [1.165, 1.54) is 28.3 Å². The number of unbranched alkanes of at least 4 members (excludes halogenated alkanes) is 1. The summed E-state index contributed by atoms with van der Waals surface area (Å²) in [6, 6.07) is 11.9. The lowest BCUT2D eigenvalue weighted by Crippen LogP contribution is -2.17. The highest BCUT2D eigenvalue weighted by Gasteiger charge is 2.14. The average molecular weight is 397 g/mol. The zero-order chi connectivity index (χ0) is 20.8. The van der Waals surface area contributed by atoms with Crippen LogP contribution in [0.5, 0.6) is 0 Å². The number of hydrogen-bond acceptors (Lipinski definition) is 5. The summed E-state index contributed by atoms with van der Waals surface area (Å²) in [6.45, 7) is 2.44. The Hall–Kier alpha value is -3.42. The number of non-ortho nitro benzene ring substituents is 1. The molecule has 0 unspecified atom stereocenters. The van der Waals surface area contributed by atoms with Crippen molar-refractivity contribution in [3.8, 4) is 0 Å². The zero-order valence-electron chi connectivity index (χ0n) is 16.2. The number of hydrogen-bond donors (Lipinski definition) is 1. The first kappa shape index (κ1) is 20.3. The summed E-state index contributed by atoms with van der Waals surface area (Å²) in [4.78, 5) is 34.5. The number of benzene rings is 2. The third-order valence-electron chi connectivity index (χ3n) is 4.70. The molecule has 152 valence electrons. The molecule has 0 saturated heterocycles. The van der Waals surface area contributed by atoms with Crippen LogP contribution in [0.25, 0.3) is 11.1 Å². The Balaban J connectivity index is 1.55. The SMILES string of the molecule is CCCCc1ccc(NC(=O)CCCn2c(=O)oc3cc([N+](=O)[O-])ccc32)cc1. The molecule has 8 nitrogen and oxygen atoms in total. The van der Waals surface area contributed by atoms with E-state index in [-0.39, 0.29) is 30.1 Å². The summed E-state index contributed by atoms with van der Waals surface area (Å²) in [6.07, 6.45) is 3.99. The predicted molar refractivity (Wildman–Crippen MR) is 110 cm³/mol. The third-order valence-corrected chi connectivity index (χ3v) is 4.70. The summed E-state index contributed by atoms with van der Waals surface area (Å²) in [7, 11) is 0. The van der Waals surface area contributed by atoms with Crippen LogP contribution >= 0.6 is 0 Å². The van der Waals surface area contributed by atoms with Gasteiger partial charge in [0.2, 0.25) is 5.91 Å². The quantitative estimate of drug-likeness (QED) is 0.429. The summed E-state index contributed by atoms with van der Waals surface area (Å²) >= 11 is 0. The number of carbonyl (C=O) groups excluding carboxylic acids is 1. The van der Waals surface area contributed by atoms with Gasteiger partial charge in [0.25, 0.3) is 5.69 Å². The van der Waals surface area contributed by atoms with Crippen molar-refractivity contribution in [2.45, 2.75) is 45.6 Å². The smallest absolute Gasteiger partial charge is 0.407 e. The lowest BCUT2D eigenvalue weighted by molar-refractivity contribution is -0.384. The van der Waals surface area contributed by atoms with Crippen LogP contribution in [0.1, 0.15) is 38.2 Å². The van der Waals surface area contributed by atoms with Crippen LogP contribution in [0.2, 0.25) is 0 Å². The molecule has 29 heavy (non-hydrogen) atoms. The predicted octanol–water partition coefficient (Wildman–Crippen LogP) is 4.26. The maximum atomic E-state index is 12.2. The Morgan fingerprint density at radius 3 is 2.62 bits per heavy atom. The van der Waals surface area contributed by atoms with Crippen molar-refractivity contribution in [2.24, 2.45) is 0 Å². The Labute approximate surface area is 167 Å². The summed E-state index contributed by atoms with van der Waals surface area (Å²) in [5.41, 5.74) is 2.49. The lowest BCUT2D eigenvalue weighted by atomic mass is 10.1. The first-order valence-corrected chi connectivity index (χ1v) is 9.64. The van der Waals surface area contributed by atoms with Crippen LogP contribution in [-0.2, 0) is 17.8 Å². The number of aryl methyl sites for hydroxylation is 2. The number of fused-ring (bicyclic) bond motifs is 1. The van der Waals surface area contributed by atoms with Crippen molar-refractivity contribution in [1.29, 1.82) is 0 Å². The standard InChI is InChI=1S/C21H23N3O5/c1-2-3-5-15-7-9-16(10-8-15)22-20(25)6-4-13-23-18-12-11-17(24(27)28)14-19(18)29-21(23)26/h7-12,14H,2-6,13H2,1H3,(H,22,25). The molecule has 3 rings (SSSR count). The Morgan fingerprint density at radius 2 is 1.93 bits per heavy atom. The second-order valence-corrected chi connectivity index (χ2v) is 6.88. The molecule has 0 aliphatic carbocycles. The molecule has 1 heterocycles. The van der Waals surface area contributed by atoms with E-state index in [9.17, 15) is 19.7 Å². The van der Waals surface area contributed by atoms with Crippen LogP contribution in [0.15, 0.2) is 51.7 Å². The Kier molecular flexibility index (Phi) is 6.43. The van der Waals surface area contributed by atoms with Gasteiger partial charge in [0.1, 0.15) is 0 Å². The second kappa shape index (κ2) is 9.18. The minimum atomic E-state index is -0.594. The van der Waals surface area contributed by atoms with Crippen molar-refractivity contribution in [2.75, 3.05) is 5.32 Å². The minimum Gasteiger partial charge on any atom is -0.407 e. The van der Waals surface area contributed by atoms with E-state index in [2.05, 4.69) is 12.2 Å². The number of amides is 1. The zero-order valence-corrected chi connectivity index (χ0v) is 16.2. The normalized spacial score (nSPS) is 10.9. The number of oxazole rings is 1. The first-order valence-electron chi connectivity index (χ1n) is 9.64. The van der Waals surface area contributed by atoms with Gasteiger partial charge in [-0.05, 0) is 43.0 Å². The second-order valence-electron chi connectivity index (χ2n) is 6.88. The van der Waals surface area contributed by atoms with Gasteiger partial charge in [0, 0.05) is 24.7 Å². The van der Waals surface area contributed by atoms with E-state index in [0.29, 0.717) is 11.9 Å². The fourth-order valence-electron chi connectivity index (χ4n) is 3.14. The van der Waals surface area contributed by atoms with Gasteiger partial charge in [-0.25, -0.2) is 4.79 Å². The van der Waals surface area contributed by atoms with Crippen LogP contribution in [0, 0.1) is 10.1 Å². The molecule has 0 fully saturated rings. The highest BCUT2D eigenvalue weighted by Crippen LogP contribution is 2.20. The van der Waals surface area contributed by atoms with Gasteiger partial charge in [0.05, 0.1) is 16.5 Å². The van der Waals surface area contributed by atoms with Crippen LogP contribution in [-0.4, -0.2) is 15.4 Å². The number of anilines is 1. The van der Waals surface area contributed by atoms with E-state index in [0.717, 1.165) is 24.9 Å². The van der Waals surface area contributed by atoms with Crippen LogP contribution < -0.4 is 11.1 Å². The largest absolute Gasteiger partial charge is 0.419 e. The van der Waals surface area contributed by atoms with E-state index < -0.39 is 10.7 Å². The van der Waals surface area contributed by atoms with Gasteiger partial charge in [-0.2, -0.15) is 0 Å². The van der Waals surface area contributed by atoms with Gasteiger partial charge >= 0.3 is 5.76 Å². The molecule has 1 N–H and O–H groups in total. The number of rotatable bonds is 9. The maximum absolute atomic E-state index is 12.2. The van der Waals surface area contributed by atoms with Crippen molar-refractivity contribution in [3.63, 3.8) is 0 Å². The van der Waals surface area contributed by atoms with Crippen molar-refractivity contribution in [1.82, 2.24) is 4.57 Å². The molecule has 0 radical (unpaired) electrons. The molecule has 0 spiro atoms. The van der Waals surface area contributed by atoms with Crippen LogP contribution in [0.4, 0.5) is 11.4 Å². The van der Waals surface area contributed by atoms with E-state index in [4.69, 9.17) is 4.42 Å². The molecule has 0 atom stereocenters. The number of nitro groups is 1. The summed E-state index contributed by atoms with van der Waals surface area (Å²) in [5.74, 6) is -0.730. The number of nitrogens with one attached hydrogen (secondary N) is 1. The molecule has 0 aliphatic rings. The van der Waals surface area contributed by atoms with Gasteiger partial charge in [-0.3, -0.25) is 19.5 Å². The fourth-order valence-corrected chi connectivity index (χ4v) is 3.14. The lowest BCUT2D eigenvalue weighted by Gasteiger charge is -2.07.